The highest BCUT2D eigenvalue weighted by molar-refractivity contribution is 7.12. The van der Waals surface area contributed by atoms with Crippen LogP contribution in [0.5, 0.6) is 11.5 Å². The molecular formula is C20H26N2O4S. The SMILES string of the molecule is CCOc1ccc(CCNC(=O)CCNC(=O)c2cccs2)cc1OCC. The van der Waals surface area contributed by atoms with E-state index >= 15 is 0 Å². The Kier molecular flexibility index (Phi) is 8.64. The minimum absolute atomic E-state index is 0.0857. The van der Waals surface area contributed by atoms with Crippen molar-refractivity contribution in [3.05, 3.63) is 46.2 Å². The van der Waals surface area contributed by atoms with E-state index in [0.717, 1.165) is 17.1 Å². The zero-order chi connectivity index (χ0) is 19.5. The van der Waals surface area contributed by atoms with E-state index in [1.807, 2.05) is 43.5 Å². The van der Waals surface area contributed by atoms with E-state index in [-0.39, 0.29) is 18.2 Å². The van der Waals surface area contributed by atoms with E-state index in [1.54, 1.807) is 6.07 Å². The van der Waals surface area contributed by atoms with E-state index in [2.05, 4.69) is 10.6 Å². The molecule has 2 rings (SSSR count). The number of amides is 2. The molecule has 0 saturated heterocycles. The number of benzene rings is 1. The molecule has 0 saturated carbocycles. The number of ether oxygens (including phenoxy) is 2. The summed E-state index contributed by atoms with van der Waals surface area (Å²) in [5, 5.41) is 7.46. The average molecular weight is 391 g/mol. The van der Waals surface area contributed by atoms with Crippen molar-refractivity contribution in [2.24, 2.45) is 0 Å². The van der Waals surface area contributed by atoms with Gasteiger partial charge in [-0.1, -0.05) is 12.1 Å². The molecule has 0 bridgehead atoms. The molecule has 0 aliphatic heterocycles. The molecular weight excluding hydrogens is 364 g/mol. The Morgan fingerprint density at radius 1 is 1.00 bits per heavy atom. The first-order chi connectivity index (χ1) is 13.1. The molecule has 0 spiro atoms. The van der Waals surface area contributed by atoms with Crippen LogP contribution in [0.1, 0.15) is 35.5 Å². The monoisotopic (exact) mass is 390 g/mol. The Morgan fingerprint density at radius 3 is 2.48 bits per heavy atom. The lowest BCUT2D eigenvalue weighted by atomic mass is 10.1. The van der Waals surface area contributed by atoms with Crippen molar-refractivity contribution in [2.75, 3.05) is 26.3 Å². The van der Waals surface area contributed by atoms with Gasteiger partial charge in [0.1, 0.15) is 0 Å². The Bertz CT molecular complexity index is 732. The number of carbonyl (C=O) groups is 2. The first-order valence-corrected chi connectivity index (χ1v) is 9.99. The first-order valence-electron chi connectivity index (χ1n) is 9.11. The van der Waals surface area contributed by atoms with Crippen LogP contribution < -0.4 is 20.1 Å². The molecule has 0 aliphatic rings. The topological polar surface area (TPSA) is 76.7 Å². The average Bonchev–Trinajstić information content (AvgIpc) is 3.19. The quantitative estimate of drug-likeness (QED) is 0.618. The predicted octanol–water partition coefficient (Wildman–Crippen LogP) is 3.02. The van der Waals surface area contributed by atoms with Crippen molar-refractivity contribution in [2.45, 2.75) is 26.7 Å². The second-order valence-electron chi connectivity index (χ2n) is 5.73. The Balaban J connectivity index is 1.71. The number of hydrogen-bond donors (Lipinski definition) is 2. The van der Waals surface area contributed by atoms with Gasteiger partial charge in [0.15, 0.2) is 11.5 Å². The molecule has 27 heavy (non-hydrogen) atoms. The number of rotatable bonds is 11. The van der Waals surface area contributed by atoms with Gasteiger partial charge < -0.3 is 20.1 Å². The largest absolute Gasteiger partial charge is 0.490 e. The lowest BCUT2D eigenvalue weighted by Gasteiger charge is -2.12. The number of thiophene rings is 1. The van der Waals surface area contributed by atoms with Gasteiger partial charge >= 0.3 is 0 Å². The molecule has 2 N–H and O–H groups in total. The highest BCUT2D eigenvalue weighted by atomic mass is 32.1. The van der Waals surface area contributed by atoms with Crippen molar-refractivity contribution in [3.63, 3.8) is 0 Å². The third-order valence-electron chi connectivity index (χ3n) is 3.73. The molecule has 1 aromatic heterocycles. The fourth-order valence-corrected chi connectivity index (χ4v) is 3.11. The van der Waals surface area contributed by atoms with E-state index in [1.165, 1.54) is 11.3 Å². The molecule has 1 aromatic carbocycles. The summed E-state index contributed by atoms with van der Waals surface area (Å²) in [6.07, 6.45) is 0.949. The highest BCUT2D eigenvalue weighted by Gasteiger charge is 2.08. The molecule has 2 aromatic rings. The summed E-state index contributed by atoms with van der Waals surface area (Å²) in [5.74, 6) is 1.22. The van der Waals surface area contributed by atoms with E-state index in [4.69, 9.17) is 9.47 Å². The number of hydrogen-bond acceptors (Lipinski definition) is 5. The molecule has 0 atom stereocenters. The molecule has 0 fully saturated rings. The summed E-state index contributed by atoms with van der Waals surface area (Å²) in [7, 11) is 0. The molecule has 0 aliphatic carbocycles. The van der Waals surface area contributed by atoms with Gasteiger partial charge in [0, 0.05) is 19.5 Å². The maximum Gasteiger partial charge on any atom is 0.261 e. The molecule has 7 heteroatoms. The minimum Gasteiger partial charge on any atom is -0.490 e. The van der Waals surface area contributed by atoms with Crippen LogP contribution >= 0.6 is 11.3 Å². The molecule has 146 valence electrons. The summed E-state index contributed by atoms with van der Waals surface area (Å²) in [6, 6.07) is 9.39. The van der Waals surface area contributed by atoms with Crippen LogP contribution in [0.2, 0.25) is 0 Å². The van der Waals surface area contributed by atoms with Crippen molar-refractivity contribution >= 4 is 23.2 Å². The van der Waals surface area contributed by atoms with Gasteiger partial charge in [-0.05, 0) is 49.4 Å². The third-order valence-corrected chi connectivity index (χ3v) is 4.59. The molecule has 1 heterocycles. The van der Waals surface area contributed by atoms with Crippen molar-refractivity contribution < 1.29 is 19.1 Å². The smallest absolute Gasteiger partial charge is 0.261 e. The van der Waals surface area contributed by atoms with Crippen LogP contribution in [0, 0.1) is 0 Å². The van der Waals surface area contributed by atoms with Gasteiger partial charge in [0.05, 0.1) is 18.1 Å². The Labute approximate surface area is 163 Å². The van der Waals surface area contributed by atoms with Crippen molar-refractivity contribution in [1.29, 1.82) is 0 Å². The van der Waals surface area contributed by atoms with Gasteiger partial charge in [-0.15, -0.1) is 11.3 Å². The van der Waals surface area contributed by atoms with Crippen molar-refractivity contribution in [1.82, 2.24) is 10.6 Å². The second-order valence-corrected chi connectivity index (χ2v) is 6.68. The van der Waals surface area contributed by atoms with Crippen LogP contribution in [-0.2, 0) is 11.2 Å². The maximum atomic E-state index is 11.9. The fourth-order valence-electron chi connectivity index (χ4n) is 2.47. The lowest BCUT2D eigenvalue weighted by molar-refractivity contribution is -0.120. The lowest BCUT2D eigenvalue weighted by Crippen LogP contribution is -2.31. The van der Waals surface area contributed by atoms with Crippen LogP contribution in [0.3, 0.4) is 0 Å². The van der Waals surface area contributed by atoms with E-state index in [0.29, 0.717) is 37.6 Å². The van der Waals surface area contributed by atoms with Crippen molar-refractivity contribution in [3.8, 4) is 11.5 Å². The second kappa shape index (κ2) is 11.2. The summed E-state index contributed by atoms with van der Waals surface area (Å²) in [4.78, 5) is 24.3. The number of nitrogens with one attached hydrogen (secondary N) is 2. The van der Waals surface area contributed by atoms with Gasteiger partial charge in [0.2, 0.25) is 5.91 Å². The van der Waals surface area contributed by atoms with Gasteiger partial charge in [-0.25, -0.2) is 0 Å². The summed E-state index contributed by atoms with van der Waals surface area (Å²) in [6.45, 7) is 5.86. The standard InChI is InChI=1S/C20H26N2O4S/c1-3-25-16-8-7-15(14-17(16)26-4-2)9-11-21-19(23)10-12-22-20(24)18-6-5-13-27-18/h5-8,13-14H,3-4,9-12H2,1-2H3,(H,21,23)(H,22,24). The van der Waals surface area contributed by atoms with E-state index in [9.17, 15) is 9.59 Å². The van der Waals surface area contributed by atoms with Gasteiger partial charge in [-0.3, -0.25) is 9.59 Å². The Morgan fingerprint density at radius 2 is 1.78 bits per heavy atom. The van der Waals surface area contributed by atoms with Crippen LogP contribution in [0.25, 0.3) is 0 Å². The van der Waals surface area contributed by atoms with E-state index < -0.39 is 0 Å². The maximum absolute atomic E-state index is 11.9. The molecule has 2 amide bonds. The first kappa shape index (κ1) is 20.8. The zero-order valence-corrected chi connectivity index (χ0v) is 16.6. The van der Waals surface area contributed by atoms with Crippen LogP contribution in [0.15, 0.2) is 35.7 Å². The predicted molar refractivity (Wildman–Crippen MR) is 107 cm³/mol. The van der Waals surface area contributed by atoms with Gasteiger partial charge in [-0.2, -0.15) is 0 Å². The van der Waals surface area contributed by atoms with Crippen LogP contribution in [-0.4, -0.2) is 38.1 Å². The fraction of sp³-hybridized carbons (Fsp3) is 0.400. The highest BCUT2D eigenvalue weighted by Crippen LogP contribution is 2.28. The summed E-state index contributed by atoms with van der Waals surface area (Å²) < 4.78 is 11.2. The zero-order valence-electron chi connectivity index (χ0n) is 15.7. The molecule has 0 radical (unpaired) electrons. The number of carbonyl (C=O) groups excluding carboxylic acids is 2. The Hall–Kier alpha value is -2.54. The summed E-state index contributed by atoms with van der Waals surface area (Å²) >= 11 is 1.38. The molecule has 6 nitrogen and oxygen atoms in total. The van der Waals surface area contributed by atoms with Crippen LogP contribution in [0.4, 0.5) is 0 Å². The normalized spacial score (nSPS) is 10.3. The molecule has 0 unspecified atom stereocenters. The third kappa shape index (κ3) is 6.94. The minimum atomic E-state index is -0.143. The van der Waals surface area contributed by atoms with Gasteiger partial charge in [0.25, 0.3) is 5.91 Å². The summed E-state index contributed by atoms with van der Waals surface area (Å²) in [5.41, 5.74) is 1.06.